The second kappa shape index (κ2) is 6.95. The van der Waals surface area contributed by atoms with Gasteiger partial charge in [0.2, 0.25) is 0 Å². The van der Waals surface area contributed by atoms with E-state index in [1.165, 1.54) is 5.56 Å². The Morgan fingerprint density at radius 2 is 1.95 bits per heavy atom. The summed E-state index contributed by atoms with van der Waals surface area (Å²) in [4.78, 5) is 6.79. The summed E-state index contributed by atoms with van der Waals surface area (Å²) in [6.07, 6.45) is 2.69. The highest BCUT2D eigenvalue weighted by molar-refractivity contribution is 6.33. The standard InChI is InChI=1S/C18H20ClN3/c1-14(11-15-5-3-2-4-6-15)16-12-17(19)18(21-13-16)22-9-7-20-8-10-22/h2-6,12-13,20H,1,7-11H2. The van der Waals surface area contributed by atoms with E-state index < -0.39 is 0 Å². The maximum atomic E-state index is 6.44. The number of hydrogen-bond donors (Lipinski definition) is 1. The topological polar surface area (TPSA) is 28.2 Å². The first-order chi connectivity index (χ1) is 10.7. The second-order valence-corrected chi connectivity index (χ2v) is 5.94. The second-order valence-electron chi connectivity index (χ2n) is 5.53. The van der Waals surface area contributed by atoms with Crippen molar-refractivity contribution in [2.75, 3.05) is 31.1 Å². The van der Waals surface area contributed by atoms with Crippen LogP contribution in [0.25, 0.3) is 5.57 Å². The van der Waals surface area contributed by atoms with Crippen molar-refractivity contribution in [2.45, 2.75) is 6.42 Å². The Morgan fingerprint density at radius 3 is 2.64 bits per heavy atom. The van der Waals surface area contributed by atoms with Crippen LogP contribution in [0.5, 0.6) is 0 Å². The maximum absolute atomic E-state index is 6.44. The van der Waals surface area contributed by atoms with Crippen LogP contribution in [-0.2, 0) is 6.42 Å². The number of pyridine rings is 1. The highest BCUT2D eigenvalue weighted by Gasteiger charge is 2.15. The molecular weight excluding hydrogens is 294 g/mol. The van der Waals surface area contributed by atoms with Crippen LogP contribution in [0.1, 0.15) is 11.1 Å². The largest absolute Gasteiger partial charge is 0.353 e. The molecule has 1 saturated heterocycles. The third-order valence-corrected chi connectivity index (χ3v) is 4.19. The molecular formula is C18H20ClN3. The molecule has 0 radical (unpaired) electrons. The van der Waals surface area contributed by atoms with Crippen molar-refractivity contribution in [3.05, 3.63) is 65.3 Å². The Kier molecular flexibility index (Phi) is 4.76. The molecule has 0 aliphatic carbocycles. The van der Waals surface area contributed by atoms with Crippen molar-refractivity contribution in [1.82, 2.24) is 10.3 Å². The molecule has 1 N–H and O–H groups in total. The van der Waals surface area contributed by atoms with Gasteiger partial charge in [0, 0.05) is 32.4 Å². The third kappa shape index (κ3) is 3.49. The van der Waals surface area contributed by atoms with Crippen molar-refractivity contribution in [2.24, 2.45) is 0 Å². The van der Waals surface area contributed by atoms with Gasteiger partial charge in [-0.1, -0.05) is 48.5 Å². The van der Waals surface area contributed by atoms with Gasteiger partial charge in [-0.15, -0.1) is 0 Å². The molecule has 0 atom stereocenters. The monoisotopic (exact) mass is 313 g/mol. The summed E-state index contributed by atoms with van der Waals surface area (Å²) in [5.41, 5.74) is 3.29. The molecule has 4 heteroatoms. The summed E-state index contributed by atoms with van der Waals surface area (Å²) in [6, 6.07) is 12.3. The van der Waals surface area contributed by atoms with E-state index in [2.05, 4.69) is 33.9 Å². The Labute approximate surface area is 136 Å². The molecule has 0 spiro atoms. The van der Waals surface area contributed by atoms with Crippen molar-refractivity contribution in [3.8, 4) is 0 Å². The summed E-state index contributed by atoms with van der Waals surface area (Å²) < 4.78 is 0. The Balaban J connectivity index is 1.75. The van der Waals surface area contributed by atoms with E-state index in [1.54, 1.807) is 0 Å². The molecule has 2 aromatic rings. The molecule has 22 heavy (non-hydrogen) atoms. The summed E-state index contributed by atoms with van der Waals surface area (Å²) in [5.74, 6) is 0.874. The van der Waals surface area contributed by atoms with Crippen molar-refractivity contribution >= 4 is 23.0 Å². The van der Waals surface area contributed by atoms with Gasteiger partial charge in [0.1, 0.15) is 5.82 Å². The summed E-state index contributed by atoms with van der Waals surface area (Å²) in [6.45, 7) is 8.01. The molecule has 1 fully saturated rings. The number of nitrogens with zero attached hydrogens (tertiary/aromatic N) is 2. The fourth-order valence-corrected chi connectivity index (χ4v) is 2.96. The number of nitrogens with one attached hydrogen (secondary N) is 1. The zero-order valence-corrected chi connectivity index (χ0v) is 13.3. The lowest BCUT2D eigenvalue weighted by Gasteiger charge is -2.29. The minimum absolute atomic E-state index is 0.702. The molecule has 1 aromatic carbocycles. The van der Waals surface area contributed by atoms with Gasteiger partial charge in [-0.05, 0) is 29.2 Å². The van der Waals surface area contributed by atoms with E-state index in [0.29, 0.717) is 5.02 Å². The van der Waals surface area contributed by atoms with Crippen LogP contribution in [0.2, 0.25) is 5.02 Å². The lowest BCUT2D eigenvalue weighted by molar-refractivity contribution is 0.585. The van der Waals surface area contributed by atoms with E-state index in [4.69, 9.17) is 11.6 Å². The normalized spacial score (nSPS) is 14.9. The van der Waals surface area contributed by atoms with Gasteiger partial charge in [-0.2, -0.15) is 0 Å². The fraction of sp³-hybridized carbons (Fsp3) is 0.278. The van der Waals surface area contributed by atoms with Crippen LogP contribution in [0.3, 0.4) is 0 Å². The Morgan fingerprint density at radius 1 is 1.23 bits per heavy atom. The van der Waals surface area contributed by atoms with Crippen molar-refractivity contribution < 1.29 is 0 Å². The number of hydrogen-bond acceptors (Lipinski definition) is 3. The van der Waals surface area contributed by atoms with Gasteiger partial charge >= 0.3 is 0 Å². The quantitative estimate of drug-likeness (QED) is 0.937. The summed E-state index contributed by atoms with van der Waals surface area (Å²) >= 11 is 6.44. The number of allylic oxidation sites excluding steroid dienone is 1. The van der Waals surface area contributed by atoms with Crippen molar-refractivity contribution in [1.29, 1.82) is 0 Å². The first kappa shape index (κ1) is 15.1. The van der Waals surface area contributed by atoms with Gasteiger partial charge in [0.15, 0.2) is 0 Å². The zero-order valence-electron chi connectivity index (χ0n) is 12.6. The Hall–Kier alpha value is -1.84. The number of piperazine rings is 1. The van der Waals surface area contributed by atoms with Crippen LogP contribution >= 0.6 is 11.6 Å². The van der Waals surface area contributed by atoms with Crippen LogP contribution in [0.15, 0.2) is 49.2 Å². The third-order valence-electron chi connectivity index (χ3n) is 3.91. The highest BCUT2D eigenvalue weighted by Crippen LogP contribution is 2.27. The zero-order chi connectivity index (χ0) is 15.4. The average Bonchev–Trinajstić information content (AvgIpc) is 2.56. The first-order valence-electron chi connectivity index (χ1n) is 7.57. The molecule has 1 aliphatic rings. The van der Waals surface area contributed by atoms with E-state index in [9.17, 15) is 0 Å². The maximum Gasteiger partial charge on any atom is 0.147 e. The molecule has 0 unspecified atom stereocenters. The van der Waals surface area contributed by atoms with E-state index in [0.717, 1.165) is 49.6 Å². The van der Waals surface area contributed by atoms with Crippen molar-refractivity contribution in [3.63, 3.8) is 0 Å². The number of halogens is 1. The molecule has 2 heterocycles. The number of anilines is 1. The van der Waals surface area contributed by atoms with Gasteiger partial charge in [-0.25, -0.2) is 4.98 Å². The van der Waals surface area contributed by atoms with Crippen LogP contribution < -0.4 is 10.2 Å². The molecule has 114 valence electrons. The van der Waals surface area contributed by atoms with Crippen LogP contribution in [-0.4, -0.2) is 31.2 Å². The molecule has 1 aromatic heterocycles. The average molecular weight is 314 g/mol. The number of aromatic nitrogens is 1. The fourth-order valence-electron chi connectivity index (χ4n) is 2.68. The summed E-state index contributed by atoms with van der Waals surface area (Å²) in [7, 11) is 0. The number of benzene rings is 1. The SMILES string of the molecule is C=C(Cc1ccccc1)c1cnc(N2CCNCC2)c(Cl)c1. The van der Waals surface area contributed by atoms with Gasteiger partial charge < -0.3 is 10.2 Å². The predicted octanol–water partition coefficient (Wildman–Crippen LogP) is 3.40. The highest BCUT2D eigenvalue weighted by atomic mass is 35.5. The van der Waals surface area contributed by atoms with Gasteiger partial charge in [0.25, 0.3) is 0 Å². The number of rotatable bonds is 4. The Bertz CT molecular complexity index is 649. The van der Waals surface area contributed by atoms with Gasteiger partial charge in [0.05, 0.1) is 5.02 Å². The lowest BCUT2D eigenvalue weighted by atomic mass is 10.0. The molecule has 0 saturated carbocycles. The molecule has 1 aliphatic heterocycles. The lowest BCUT2D eigenvalue weighted by Crippen LogP contribution is -2.44. The molecule has 0 amide bonds. The smallest absolute Gasteiger partial charge is 0.147 e. The van der Waals surface area contributed by atoms with E-state index in [1.807, 2.05) is 30.5 Å². The minimum atomic E-state index is 0.702. The summed E-state index contributed by atoms with van der Waals surface area (Å²) in [5, 5.41) is 4.04. The molecule has 3 rings (SSSR count). The first-order valence-corrected chi connectivity index (χ1v) is 7.95. The minimum Gasteiger partial charge on any atom is -0.353 e. The van der Waals surface area contributed by atoms with Crippen LogP contribution in [0, 0.1) is 0 Å². The predicted molar refractivity (Wildman–Crippen MR) is 93.5 cm³/mol. The molecule has 0 bridgehead atoms. The van der Waals surface area contributed by atoms with Gasteiger partial charge in [-0.3, -0.25) is 0 Å². The van der Waals surface area contributed by atoms with E-state index in [-0.39, 0.29) is 0 Å². The van der Waals surface area contributed by atoms with Crippen LogP contribution in [0.4, 0.5) is 5.82 Å². The van der Waals surface area contributed by atoms with E-state index >= 15 is 0 Å². The molecule has 3 nitrogen and oxygen atoms in total.